The molecule has 1 atom stereocenters. The van der Waals surface area contributed by atoms with Crippen molar-refractivity contribution in [2.45, 2.75) is 45.5 Å². The van der Waals surface area contributed by atoms with Gasteiger partial charge in [0.2, 0.25) is 0 Å². The van der Waals surface area contributed by atoms with Gasteiger partial charge in [0.05, 0.1) is 17.7 Å². The van der Waals surface area contributed by atoms with Gasteiger partial charge in [-0.3, -0.25) is 9.59 Å². The molecule has 0 aliphatic carbocycles. The normalized spacial score (nSPS) is 17.8. The van der Waals surface area contributed by atoms with Crippen molar-refractivity contribution in [3.63, 3.8) is 0 Å². The Bertz CT molecular complexity index is 1010. The highest BCUT2D eigenvalue weighted by Gasteiger charge is 2.35. The van der Waals surface area contributed by atoms with Crippen molar-refractivity contribution in [3.05, 3.63) is 52.5 Å². The molecule has 3 rings (SSSR count). The molecule has 2 aliphatic rings. The molecule has 0 spiro atoms. The van der Waals surface area contributed by atoms with E-state index in [1.165, 1.54) is 25.0 Å². The van der Waals surface area contributed by atoms with Gasteiger partial charge >= 0.3 is 0 Å². The average Bonchev–Trinajstić information content (AvgIpc) is 3.02. The van der Waals surface area contributed by atoms with Crippen LogP contribution in [0.25, 0.3) is 0 Å². The van der Waals surface area contributed by atoms with E-state index in [4.69, 9.17) is 5.41 Å². The molecule has 164 valence electrons. The summed E-state index contributed by atoms with van der Waals surface area (Å²) in [6.07, 6.45) is 4.69. The number of hydrogen-bond acceptors (Lipinski definition) is 6. The molecule has 0 fully saturated rings. The number of aliphatic imine (C=N–C) groups is 1. The lowest BCUT2D eigenvalue weighted by atomic mass is 10.0. The van der Waals surface area contributed by atoms with Crippen LogP contribution < -0.4 is 10.6 Å². The van der Waals surface area contributed by atoms with Crippen molar-refractivity contribution in [1.29, 1.82) is 5.41 Å². The number of fused-ring (bicyclic) bond motifs is 1. The SMILES string of the molecule is CCc1cc2c(cc1NC(=O)/C(C=N)=C1\N=CC=CN1)CN(C[C@@H](F)C(C)(C)O)C2=O. The minimum absolute atomic E-state index is 0.0614. The van der Waals surface area contributed by atoms with E-state index >= 15 is 0 Å². The molecule has 2 amide bonds. The van der Waals surface area contributed by atoms with Crippen LogP contribution in [0.15, 0.2) is 40.8 Å². The fourth-order valence-corrected chi connectivity index (χ4v) is 3.34. The van der Waals surface area contributed by atoms with Gasteiger partial charge in [0.1, 0.15) is 12.0 Å². The Morgan fingerprint density at radius 1 is 1.48 bits per heavy atom. The zero-order valence-corrected chi connectivity index (χ0v) is 17.7. The van der Waals surface area contributed by atoms with Crippen molar-refractivity contribution in [3.8, 4) is 0 Å². The second-order valence-electron chi connectivity index (χ2n) is 7.97. The quantitative estimate of drug-likeness (QED) is 0.394. The predicted molar refractivity (Wildman–Crippen MR) is 117 cm³/mol. The molecule has 0 radical (unpaired) electrons. The van der Waals surface area contributed by atoms with E-state index in [9.17, 15) is 19.1 Å². The van der Waals surface area contributed by atoms with E-state index in [1.54, 1.807) is 24.4 Å². The van der Waals surface area contributed by atoms with E-state index in [2.05, 4.69) is 15.6 Å². The Hall–Kier alpha value is -3.33. The fourth-order valence-electron chi connectivity index (χ4n) is 3.34. The minimum Gasteiger partial charge on any atom is -0.387 e. The van der Waals surface area contributed by atoms with Gasteiger partial charge in [-0.1, -0.05) is 6.92 Å². The monoisotopic (exact) mass is 427 g/mol. The number of amides is 2. The number of aliphatic hydroxyl groups is 1. The van der Waals surface area contributed by atoms with Crippen LogP contribution in [0.2, 0.25) is 0 Å². The predicted octanol–water partition coefficient (Wildman–Crippen LogP) is 2.30. The number of alkyl halides is 1. The van der Waals surface area contributed by atoms with Crippen LogP contribution in [0.4, 0.5) is 10.1 Å². The summed E-state index contributed by atoms with van der Waals surface area (Å²) < 4.78 is 14.3. The molecule has 8 nitrogen and oxygen atoms in total. The van der Waals surface area contributed by atoms with E-state index in [1.807, 2.05) is 6.92 Å². The third-order valence-electron chi connectivity index (χ3n) is 5.23. The van der Waals surface area contributed by atoms with Crippen LogP contribution >= 0.6 is 0 Å². The molecule has 31 heavy (non-hydrogen) atoms. The molecule has 9 heteroatoms. The van der Waals surface area contributed by atoms with Crippen molar-refractivity contribution >= 4 is 29.9 Å². The standard InChI is InChI=1S/C22H26FN5O3/c1-4-13-8-15-14(11-28(21(15)30)12-18(23)22(2,3)31)9-17(13)27-20(29)16(10-24)19-25-6-5-7-26-19/h5-10,18,24-25,31H,4,11-12H2,1-3H3,(H,27,29)/b19-16-,24-10?/t18-/m1/s1. The lowest BCUT2D eigenvalue weighted by Crippen LogP contribution is -2.42. The largest absolute Gasteiger partial charge is 0.387 e. The Morgan fingerprint density at radius 3 is 2.81 bits per heavy atom. The highest BCUT2D eigenvalue weighted by atomic mass is 19.1. The van der Waals surface area contributed by atoms with Crippen molar-refractivity contribution in [1.82, 2.24) is 10.2 Å². The van der Waals surface area contributed by atoms with Gasteiger partial charge in [-0.05, 0) is 49.6 Å². The first kappa shape index (κ1) is 22.4. The molecule has 0 unspecified atom stereocenters. The minimum atomic E-state index is -1.59. The number of rotatable bonds is 7. The summed E-state index contributed by atoms with van der Waals surface area (Å²) in [7, 11) is 0. The van der Waals surface area contributed by atoms with E-state index in [0.717, 1.165) is 11.8 Å². The third kappa shape index (κ3) is 4.72. The van der Waals surface area contributed by atoms with Gasteiger partial charge in [-0.2, -0.15) is 0 Å². The number of nitrogens with one attached hydrogen (secondary N) is 3. The maximum Gasteiger partial charge on any atom is 0.260 e. The first-order valence-electron chi connectivity index (χ1n) is 9.99. The second-order valence-corrected chi connectivity index (χ2v) is 7.97. The summed E-state index contributed by atoms with van der Waals surface area (Å²) in [4.78, 5) is 31.0. The summed E-state index contributed by atoms with van der Waals surface area (Å²) in [6.45, 7) is 4.59. The second kappa shape index (κ2) is 8.81. The molecule has 2 aliphatic heterocycles. The molecule has 0 saturated heterocycles. The van der Waals surface area contributed by atoms with Crippen LogP contribution in [-0.4, -0.2) is 52.6 Å². The number of hydrogen-bond donors (Lipinski definition) is 4. The zero-order chi connectivity index (χ0) is 22.8. The van der Waals surface area contributed by atoms with Gasteiger partial charge < -0.3 is 26.0 Å². The molecule has 1 aromatic rings. The first-order valence-corrected chi connectivity index (χ1v) is 9.99. The Morgan fingerprint density at radius 2 is 2.23 bits per heavy atom. The molecule has 2 heterocycles. The average molecular weight is 427 g/mol. The smallest absolute Gasteiger partial charge is 0.260 e. The molecule has 1 aromatic carbocycles. The molecular weight excluding hydrogens is 401 g/mol. The number of halogens is 1. The highest BCUT2D eigenvalue weighted by molar-refractivity contribution is 6.18. The summed E-state index contributed by atoms with van der Waals surface area (Å²) in [5.41, 5.74) is 0.913. The maximum atomic E-state index is 14.3. The van der Waals surface area contributed by atoms with Gasteiger partial charge in [0, 0.05) is 36.4 Å². The lowest BCUT2D eigenvalue weighted by Gasteiger charge is -2.26. The molecular formula is C22H26FN5O3. The Balaban J connectivity index is 1.85. The van der Waals surface area contributed by atoms with Gasteiger partial charge in [0.25, 0.3) is 11.8 Å². The Kier molecular flexibility index (Phi) is 6.35. The maximum absolute atomic E-state index is 14.3. The number of allylic oxidation sites excluding steroid dienone is 1. The van der Waals surface area contributed by atoms with Crippen molar-refractivity contribution < 1.29 is 19.1 Å². The first-order chi connectivity index (χ1) is 14.7. The van der Waals surface area contributed by atoms with Crippen LogP contribution in [0.1, 0.15) is 42.3 Å². The number of carbonyl (C=O) groups is 2. The van der Waals surface area contributed by atoms with E-state index < -0.39 is 17.7 Å². The summed E-state index contributed by atoms with van der Waals surface area (Å²) in [5, 5.41) is 23.1. The van der Waals surface area contributed by atoms with Gasteiger partial charge in [-0.25, -0.2) is 9.38 Å². The zero-order valence-electron chi connectivity index (χ0n) is 17.7. The molecule has 0 saturated carbocycles. The van der Waals surface area contributed by atoms with Crippen LogP contribution in [0, 0.1) is 5.41 Å². The van der Waals surface area contributed by atoms with Crippen LogP contribution in [0.3, 0.4) is 0 Å². The third-order valence-corrected chi connectivity index (χ3v) is 5.23. The van der Waals surface area contributed by atoms with E-state index in [-0.39, 0.29) is 30.4 Å². The van der Waals surface area contributed by atoms with Crippen LogP contribution in [-0.2, 0) is 17.8 Å². The van der Waals surface area contributed by atoms with Crippen molar-refractivity contribution in [2.24, 2.45) is 4.99 Å². The van der Waals surface area contributed by atoms with Crippen LogP contribution in [0.5, 0.6) is 0 Å². The molecule has 0 bridgehead atoms. The summed E-state index contributed by atoms with van der Waals surface area (Å²) in [6, 6.07) is 3.42. The van der Waals surface area contributed by atoms with E-state index in [0.29, 0.717) is 23.2 Å². The van der Waals surface area contributed by atoms with Gasteiger partial charge in [0.15, 0.2) is 0 Å². The highest BCUT2D eigenvalue weighted by Crippen LogP contribution is 2.31. The summed E-state index contributed by atoms with van der Waals surface area (Å²) >= 11 is 0. The number of aryl methyl sites for hydroxylation is 1. The Labute approximate surface area is 180 Å². The van der Waals surface area contributed by atoms with Crippen molar-refractivity contribution in [2.75, 3.05) is 11.9 Å². The number of benzene rings is 1. The summed E-state index contributed by atoms with van der Waals surface area (Å²) in [5.74, 6) is -0.549. The van der Waals surface area contributed by atoms with Gasteiger partial charge in [-0.15, -0.1) is 0 Å². The molecule has 4 N–H and O–H groups in total. The molecule has 0 aromatic heterocycles. The lowest BCUT2D eigenvalue weighted by molar-refractivity contribution is -0.112. The topological polar surface area (TPSA) is 118 Å². The number of anilines is 1. The fraction of sp³-hybridized carbons (Fsp3) is 0.364. The number of nitrogens with zero attached hydrogens (tertiary/aromatic N) is 2. The number of carbonyl (C=O) groups excluding carboxylic acids is 2.